The maximum Gasteiger partial charge on any atom is 0.229 e. The largest absolute Gasteiger partial charge is 0.497 e. The highest BCUT2D eigenvalue weighted by Gasteiger charge is 2.39. The molecule has 0 spiro atoms. The van der Waals surface area contributed by atoms with Gasteiger partial charge >= 0.3 is 0 Å². The van der Waals surface area contributed by atoms with E-state index in [2.05, 4.69) is 15.1 Å². The van der Waals surface area contributed by atoms with Crippen LogP contribution in [0.25, 0.3) is 10.9 Å². The summed E-state index contributed by atoms with van der Waals surface area (Å²) >= 11 is 0. The number of nitrogens with one attached hydrogen (secondary N) is 1. The Morgan fingerprint density at radius 1 is 1.12 bits per heavy atom. The van der Waals surface area contributed by atoms with Crippen molar-refractivity contribution in [1.82, 2.24) is 15.1 Å². The number of benzene rings is 2. The van der Waals surface area contributed by atoms with Crippen molar-refractivity contribution in [3.8, 4) is 5.75 Å². The van der Waals surface area contributed by atoms with Gasteiger partial charge in [0.05, 0.1) is 23.9 Å². The second-order valence-corrected chi connectivity index (χ2v) is 8.13. The molecule has 2 aliphatic heterocycles. The van der Waals surface area contributed by atoms with Gasteiger partial charge in [-0.05, 0) is 36.4 Å². The highest BCUT2D eigenvalue weighted by atomic mass is 19.1. The zero-order valence-corrected chi connectivity index (χ0v) is 17.8. The van der Waals surface area contributed by atoms with Crippen LogP contribution in [0.5, 0.6) is 5.75 Å². The molecule has 1 unspecified atom stereocenters. The highest BCUT2D eigenvalue weighted by molar-refractivity contribution is 6.05. The number of aromatic amines is 1. The Balaban J connectivity index is 1.24. The molecule has 0 radical (unpaired) electrons. The highest BCUT2D eigenvalue weighted by Crippen LogP contribution is 2.32. The summed E-state index contributed by atoms with van der Waals surface area (Å²) in [7, 11) is 1.64. The van der Waals surface area contributed by atoms with Gasteiger partial charge in [0.2, 0.25) is 11.8 Å². The number of hydrogen-bond donors (Lipinski definition) is 1. The summed E-state index contributed by atoms with van der Waals surface area (Å²) in [6.45, 7) is 2.84. The van der Waals surface area contributed by atoms with Crippen molar-refractivity contribution in [3.05, 3.63) is 48.3 Å². The Kier molecular flexibility index (Phi) is 5.16. The molecule has 3 heterocycles. The number of anilines is 2. The van der Waals surface area contributed by atoms with Crippen molar-refractivity contribution < 1.29 is 18.7 Å². The number of halogens is 1. The van der Waals surface area contributed by atoms with E-state index < -0.39 is 11.7 Å². The smallest absolute Gasteiger partial charge is 0.229 e. The molecule has 0 bridgehead atoms. The van der Waals surface area contributed by atoms with Crippen LogP contribution in [0, 0.1) is 11.7 Å². The molecule has 1 aromatic heterocycles. The molecule has 166 valence electrons. The number of nitrogens with zero attached hydrogens (tertiary/aromatic N) is 4. The lowest BCUT2D eigenvalue weighted by atomic mass is 10.1. The third kappa shape index (κ3) is 3.53. The molecule has 0 saturated carbocycles. The summed E-state index contributed by atoms with van der Waals surface area (Å²) in [4.78, 5) is 31.3. The maximum atomic E-state index is 14.3. The third-order valence-corrected chi connectivity index (χ3v) is 6.28. The molecule has 3 aromatic rings. The predicted molar refractivity (Wildman–Crippen MR) is 118 cm³/mol. The quantitative estimate of drug-likeness (QED) is 0.678. The van der Waals surface area contributed by atoms with Crippen LogP contribution in [0.4, 0.5) is 15.9 Å². The first-order valence-electron chi connectivity index (χ1n) is 10.7. The van der Waals surface area contributed by atoms with Gasteiger partial charge in [-0.15, -0.1) is 0 Å². The first-order chi connectivity index (χ1) is 15.5. The van der Waals surface area contributed by atoms with Crippen LogP contribution >= 0.6 is 0 Å². The normalized spacial score (nSPS) is 19.1. The SMILES string of the molecule is COc1ccc(N2CCN(C(=O)C3CC(=O)N(c4n[nH]c5cccc(F)c45)C3)CC2)cc1. The lowest BCUT2D eigenvalue weighted by molar-refractivity contribution is -0.136. The number of piperazine rings is 1. The van der Waals surface area contributed by atoms with E-state index in [4.69, 9.17) is 4.74 Å². The summed E-state index contributed by atoms with van der Waals surface area (Å²) in [5.74, 6) is -0.0743. The van der Waals surface area contributed by atoms with E-state index >= 15 is 0 Å². The number of H-pyrrole nitrogens is 1. The van der Waals surface area contributed by atoms with Gasteiger partial charge in [0.15, 0.2) is 5.82 Å². The Hall–Kier alpha value is -3.62. The van der Waals surface area contributed by atoms with Crippen molar-refractivity contribution >= 4 is 34.2 Å². The van der Waals surface area contributed by atoms with Crippen LogP contribution in [0.1, 0.15) is 6.42 Å². The zero-order chi connectivity index (χ0) is 22.2. The van der Waals surface area contributed by atoms with Crippen molar-refractivity contribution in [3.63, 3.8) is 0 Å². The Labute approximate surface area is 184 Å². The van der Waals surface area contributed by atoms with Crippen LogP contribution in [-0.4, -0.2) is 66.7 Å². The molecule has 5 rings (SSSR count). The third-order valence-electron chi connectivity index (χ3n) is 6.28. The second-order valence-electron chi connectivity index (χ2n) is 8.13. The van der Waals surface area contributed by atoms with Crippen molar-refractivity contribution in [2.75, 3.05) is 49.6 Å². The number of hydrogen-bond acceptors (Lipinski definition) is 5. The van der Waals surface area contributed by atoms with Crippen LogP contribution < -0.4 is 14.5 Å². The van der Waals surface area contributed by atoms with Crippen LogP contribution in [0.3, 0.4) is 0 Å². The van der Waals surface area contributed by atoms with E-state index in [9.17, 15) is 14.0 Å². The van der Waals surface area contributed by atoms with Gasteiger partial charge in [0.25, 0.3) is 0 Å². The summed E-state index contributed by atoms with van der Waals surface area (Å²) in [5, 5.41) is 7.20. The van der Waals surface area contributed by atoms with E-state index in [1.165, 1.54) is 11.0 Å². The molecule has 2 saturated heterocycles. The topological polar surface area (TPSA) is 81.8 Å². The average Bonchev–Trinajstić information content (AvgIpc) is 3.43. The average molecular weight is 437 g/mol. The molecule has 32 heavy (non-hydrogen) atoms. The van der Waals surface area contributed by atoms with Crippen molar-refractivity contribution in [1.29, 1.82) is 0 Å². The molecule has 2 fully saturated rings. The molecular weight excluding hydrogens is 413 g/mol. The molecule has 0 aliphatic carbocycles. The second kappa shape index (κ2) is 8.14. The van der Waals surface area contributed by atoms with Gasteiger partial charge in [-0.3, -0.25) is 19.6 Å². The first kappa shape index (κ1) is 20.3. The molecule has 8 nitrogen and oxygen atoms in total. The van der Waals surface area contributed by atoms with Gasteiger partial charge in [-0.1, -0.05) is 6.07 Å². The lowest BCUT2D eigenvalue weighted by Crippen LogP contribution is -2.50. The lowest BCUT2D eigenvalue weighted by Gasteiger charge is -2.37. The Morgan fingerprint density at radius 2 is 1.88 bits per heavy atom. The molecule has 1 atom stereocenters. The van der Waals surface area contributed by atoms with E-state index in [0.29, 0.717) is 18.6 Å². The monoisotopic (exact) mass is 437 g/mol. The summed E-state index contributed by atoms with van der Waals surface area (Å²) < 4.78 is 19.5. The van der Waals surface area contributed by atoms with E-state index in [1.54, 1.807) is 19.2 Å². The molecule has 2 aromatic carbocycles. The molecule has 1 N–H and O–H groups in total. The van der Waals surface area contributed by atoms with Crippen molar-refractivity contribution in [2.24, 2.45) is 5.92 Å². The van der Waals surface area contributed by atoms with Crippen LogP contribution in [0.2, 0.25) is 0 Å². The number of ether oxygens (including phenoxy) is 1. The Bertz CT molecular complexity index is 1150. The van der Waals surface area contributed by atoms with E-state index in [0.717, 1.165) is 24.5 Å². The summed E-state index contributed by atoms with van der Waals surface area (Å²) in [6.07, 6.45) is 0.111. The van der Waals surface area contributed by atoms with Crippen molar-refractivity contribution in [2.45, 2.75) is 6.42 Å². The number of carbonyl (C=O) groups excluding carboxylic acids is 2. The number of aromatic nitrogens is 2. The van der Waals surface area contributed by atoms with Crippen LogP contribution in [-0.2, 0) is 9.59 Å². The number of fused-ring (bicyclic) bond motifs is 1. The predicted octanol–water partition coefficient (Wildman–Crippen LogP) is 2.41. The minimum Gasteiger partial charge on any atom is -0.497 e. The van der Waals surface area contributed by atoms with E-state index in [1.807, 2.05) is 29.2 Å². The minimum atomic E-state index is -0.450. The summed E-state index contributed by atoms with van der Waals surface area (Å²) in [5.41, 5.74) is 1.62. The minimum absolute atomic E-state index is 0.0319. The van der Waals surface area contributed by atoms with Gasteiger partial charge in [-0.25, -0.2) is 4.39 Å². The van der Waals surface area contributed by atoms with Gasteiger partial charge in [0, 0.05) is 44.8 Å². The van der Waals surface area contributed by atoms with Gasteiger partial charge in [0.1, 0.15) is 11.6 Å². The van der Waals surface area contributed by atoms with Gasteiger partial charge < -0.3 is 14.5 Å². The fraction of sp³-hybridized carbons (Fsp3) is 0.348. The summed E-state index contributed by atoms with van der Waals surface area (Å²) in [6, 6.07) is 12.5. The first-order valence-corrected chi connectivity index (χ1v) is 10.7. The fourth-order valence-electron chi connectivity index (χ4n) is 4.52. The number of amides is 2. The number of methoxy groups -OCH3 is 1. The molecule has 9 heteroatoms. The van der Waals surface area contributed by atoms with Gasteiger partial charge in [-0.2, -0.15) is 5.10 Å². The molecular formula is C23H24FN5O3. The number of carbonyl (C=O) groups is 2. The maximum absolute atomic E-state index is 14.3. The van der Waals surface area contributed by atoms with E-state index in [-0.39, 0.29) is 36.0 Å². The van der Waals surface area contributed by atoms with Crippen LogP contribution in [0.15, 0.2) is 42.5 Å². The fourth-order valence-corrected chi connectivity index (χ4v) is 4.52. The standard InChI is InChI=1S/C23H24FN5O3/c1-32-17-7-5-16(6-8-17)27-9-11-28(12-10-27)23(31)15-13-20(30)29(14-15)22-21-18(24)3-2-4-19(21)25-26-22/h2-8,15H,9-14H2,1H3,(H,25,26). The zero-order valence-electron chi connectivity index (χ0n) is 17.8. The molecule has 2 amide bonds. The Morgan fingerprint density at radius 3 is 2.59 bits per heavy atom. The number of rotatable bonds is 4. The molecule has 2 aliphatic rings.